The normalized spacial score (nSPS) is 11.9. The number of anilines is 1. The summed E-state index contributed by atoms with van der Waals surface area (Å²) in [7, 11) is -1.16. The van der Waals surface area contributed by atoms with Crippen molar-refractivity contribution in [3.05, 3.63) is 27.7 Å². The number of aryl methyl sites for hydroxylation is 1. The molecule has 0 aliphatic heterocycles. The molecule has 1 aromatic carbocycles. The molecule has 0 radical (unpaired) electrons. The van der Waals surface area contributed by atoms with E-state index in [1.54, 1.807) is 13.0 Å². The Hall–Kier alpha value is -0.210. The van der Waals surface area contributed by atoms with E-state index in [9.17, 15) is 12.8 Å². The second-order valence-corrected chi connectivity index (χ2v) is 7.60. The molecule has 9 heteroatoms. The average molecular weight is 347 g/mol. The number of halogens is 3. The first-order valence-corrected chi connectivity index (χ1v) is 8.19. The minimum absolute atomic E-state index is 0.0769. The first-order valence-electron chi connectivity index (χ1n) is 5.09. The van der Waals surface area contributed by atoms with Crippen LogP contribution < -0.4 is 3.71 Å². The van der Waals surface area contributed by atoms with E-state index in [1.165, 1.54) is 20.2 Å². The highest BCUT2D eigenvalue weighted by Crippen LogP contribution is 2.39. The van der Waals surface area contributed by atoms with Gasteiger partial charge in [0.15, 0.2) is 6.01 Å². The molecule has 0 amide bonds. The Balaban J connectivity index is 3.41. The predicted octanol–water partition coefficient (Wildman–Crippen LogP) is 3.49. The summed E-state index contributed by atoms with van der Waals surface area (Å²) in [5.41, 5.74) is 0.844. The molecule has 0 saturated heterocycles. The van der Waals surface area contributed by atoms with E-state index in [4.69, 9.17) is 23.2 Å². The molecule has 1 aromatic rings. The summed E-state index contributed by atoms with van der Waals surface area (Å²) < 4.78 is 38.7. The Kier molecular flexibility index (Phi) is 5.76. The molecule has 4 nitrogen and oxygen atoms in total. The van der Waals surface area contributed by atoms with Crippen LogP contribution in [-0.2, 0) is 10.2 Å². The van der Waals surface area contributed by atoms with Crippen LogP contribution in [0.15, 0.2) is 12.1 Å². The number of benzene rings is 1. The number of rotatable bonds is 5. The second kappa shape index (κ2) is 6.49. The minimum Gasteiger partial charge on any atom is -0.237 e. The summed E-state index contributed by atoms with van der Waals surface area (Å²) in [6, 6.07) is 2.21. The van der Waals surface area contributed by atoms with Gasteiger partial charge >= 0.3 is 10.2 Å². The quantitative estimate of drug-likeness (QED) is 0.766. The van der Waals surface area contributed by atoms with Crippen LogP contribution in [0.5, 0.6) is 0 Å². The van der Waals surface area contributed by atoms with E-state index in [-0.39, 0.29) is 15.7 Å². The van der Waals surface area contributed by atoms with E-state index < -0.39 is 16.2 Å². The Bertz CT molecular complexity index is 567. The van der Waals surface area contributed by atoms with Crippen molar-refractivity contribution in [2.75, 3.05) is 23.8 Å². The first-order chi connectivity index (χ1) is 8.73. The van der Waals surface area contributed by atoms with Gasteiger partial charge in [0.1, 0.15) is 0 Å². The molecule has 0 unspecified atom stereocenters. The zero-order chi connectivity index (χ0) is 14.8. The fraction of sp³-hybridized carbons (Fsp3) is 0.400. The van der Waals surface area contributed by atoms with Crippen molar-refractivity contribution in [2.45, 2.75) is 6.92 Å². The highest BCUT2D eigenvalue weighted by Gasteiger charge is 2.28. The van der Waals surface area contributed by atoms with E-state index in [2.05, 4.69) is 0 Å². The molecule has 108 valence electrons. The zero-order valence-electron chi connectivity index (χ0n) is 10.5. The summed E-state index contributed by atoms with van der Waals surface area (Å²) >= 11 is 12.5. The fourth-order valence-electron chi connectivity index (χ4n) is 1.23. The van der Waals surface area contributed by atoms with Crippen molar-refractivity contribution in [3.8, 4) is 0 Å². The molecule has 0 atom stereocenters. The maximum atomic E-state index is 12.6. The van der Waals surface area contributed by atoms with E-state index in [0.29, 0.717) is 17.5 Å². The smallest absolute Gasteiger partial charge is 0.237 e. The van der Waals surface area contributed by atoms with Crippen molar-refractivity contribution >= 4 is 51.0 Å². The van der Waals surface area contributed by atoms with Gasteiger partial charge in [0, 0.05) is 26.0 Å². The molecular formula is C10H13Cl2FN2O2S2. The standard InChI is InChI=1S/C10H13Cl2FN2O2S2/c1-7-4-5-8(10(12)9(7)11)15(18-6-13)19(16,17)14(2)3/h4-5H,6H2,1-3H3. The van der Waals surface area contributed by atoms with Crippen LogP contribution in [0, 0.1) is 6.92 Å². The zero-order valence-corrected chi connectivity index (χ0v) is 13.7. The van der Waals surface area contributed by atoms with Crippen molar-refractivity contribution < 1.29 is 12.8 Å². The fourth-order valence-corrected chi connectivity index (χ4v) is 3.92. The summed E-state index contributed by atoms with van der Waals surface area (Å²) in [5, 5.41) is 0.325. The third-order valence-electron chi connectivity index (χ3n) is 2.29. The first kappa shape index (κ1) is 16.8. The van der Waals surface area contributed by atoms with Crippen molar-refractivity contribution in [2.24, 2.45) is 0 Å². The third-order valence-corrected chi connectivity index (χ3v) is 6.20. The van der Waals surface area contributed by atoms with Crippen molar-refractivity contribution in [1.82, 2.24) is 4.31 Å². The predicted molar refractivity (Wildman–Crippen MR) is 79.9 cm³/mol. The van der Waals surface area contributed by atoms with E-state index in [0.717, 1.165) is 8.02 Å². The molecule has 0 spiro atoms. The van der Waals surface area contributed by atoms with Crippen LogP contribution in [0.1, 0.15) is 5.56 Å². The van der Waals surface area contributed by atoms with Gasteiger partial charge in [-0.05, 0) is 18.6 Å². The van der Waals surface area contributed by atoms with Crippen LogP contribution in [-0.4, -0.2) is 32.8 Å². The van der Waals surface area contributed by atoms with Gasteiger partial charge in [-0.25, -0.2) is 4.39 Å². The number of nitrogens with zero attached hydrogens (tertiary/aromatic N) is 2. The van der Waals surface area contributed by atoms with Gasteiger partial charge in [0.25, 0.3) is 0 Å². The number of alkyl halides is 1. The summed E-state index contributed by atoms with van der Waals surface area (Å²) in [6.07, 6.45) is 0. The molecule has 0 aromatic heterocycles. The lowest BCUT2D eigenvalue weighted by Crippen LogP contribution is -2.36. The second-order valence-electron chi connectivity index (χ2n) is 3.79. The summed E-state index contributed by atoms with van der Waals surface area (Å²) in [4.78, 5) is 0. The van der Waals surface area contributed by atoms with Crippen LogP contribution in [0.4, 0.5) is 10.1 Å². The molecule has 0 bridgehead atoms. The van der Waals surface area contributed by atoms with Crippen LogP contribution in [0.2, 0.25) is 10.0 Å². The Morgan fingerprint density at radius 1 is 1.26 bits per heavy atom. The largest absolute Gasteiger partial charge is 0.313 e. The minimum atomic E-state index is -3.86. The van der Waals surface area contributed by atoms with Crippen molar-refractivity contribution in [1.29, 1.82) is 0 Å². The van der Waals surface area contributed by atoms with Gasteiger partial charge in [-0.2, -0.15) is 16.4 Å². The average Bonchev–Trinajstić information content (AvgIpc) is 2.34. The Morgan fingerprint density at radius 2 is 1.84 bits per heavy atom. The Morgan fingerprint density at radius 3 is 2.32 bits per heavy atom. The summed E-state index contributed by atoms with van der Waals surface area (Å²) in [6.45, 7) is 1.74. The summed E-state index contributed by atoms with van der Waals surface area (Å²) in [5.74, 6) is 0. The maximum Gasteiger partial charge on any atom is 0.313 e. The SMILES string of the molecule is Cc1ccc(N(SCF)S(=O)(=O)N(C)C)c(Cl)c1Cl. The van der Waals surface area contributed by atoms with Crippen molar-refractivity contribution in [3.63, 3.8) is 0 Å². The molecule has 0 fully saturated rings. The molecule has 0 heterocycles. The lowest BCUT2D eigenvalue weighted by molar-refractivity contribution is 0.523. The van der Waals surface area contributed by atoms with Gasteiger partial charge in [-0.1, -0.05) is 29.3 Å². The van der Waals surface area contributed by atoms with Gasteiger partial charge in [-0.15, -0.1) is 0 Å². The molecule has 19 heavy (non-hydrogen) atoms. The highest BCUT2D eigenvalue weighted by molar-refractivity contribution is 8.13. The van der Waals surface area contributed by atoms with Gasteiger partial charge in [-0.3, -0.25) is 0 Å². The number of hydrogen-bond acceptors (Lipinski definition) is 3. The van der Waals surface area contributed by atoms with Gasteiger partial charge in [0.05, 0.1) is 15.7 Å². The van der Waals surface area contributed by atoms with E-state index in [1.807, 2.05) is 0 Å². The molecule has 0 aliphatic carbocycles. The third kappa shape index (κ3) is 3.46. The molecule has 0 saturated carbocycles. The van der Waals surface area contributed by atoms with Crippen LogP contribution >= 0.6 is 35.1 Å². The monoisotopic (exact) mass is 346 g/mol. The molecule has 0 N–H and O–H groups in total. The van der Waals surface area contributed by atoms with Crippen LogP contribution in [0.3, 0.4) is 0 Å². The Labute approximate surface area is 126 Å². The molecule has 1 rings (SSSR count). The molecule has 0 aliphatic rings. The lowest BCUT2D eigenvalue weighted by Gasteiger charge is -2.26. The number of hydrogen-bond donors (Lipinski definition) is 0. The molecular weight excluding hydrogens is 334 g/mol. The van der Waals surface area contributed by atoms with Gasteiger partial charge in [0.2, 0.25) is 0 Å². The van der Waals surface area contributed by atoms with Crippen LogP contribution in [0.25, 0.3) is 0 Å². The topological polar surface area (TPSA) is 40.6 Å². The lowest BCUT2D eigenvalue weighted by atomic mass is 10.2. The van der Waals surface area contributed by atoms with E-state index >= 15 is 0 Å². The maximum absolute atomic E-state index is 12.6. The van der Waals surface area contributed by atoms with Gasteiger partial charge < -0.3 is 0 Å². The highest BCUT2D eigenvalue weighted by atomic mass is 35.5.